The van der Waals surface area contributed by atoms with Crippen molar-refractivity contribution in [2.45, 2.75) is 52.1 Å². The van der Waals surface area contributed by atoms with Gasteiger partial charge in [0.25, 0.3) is 0 Å². The van der Waals surface area contributed by atoms with Gasteiger partial charge in [-0.25, -0.2) is 0 Å². The van der Waals surface area contributed by atoms with Crippen molar-refractivity contribution in [2.75, 3.05) is 26.4 Å². The highest BCUT2D eigenvalue weighted by molar-refractivity contribution is 5.26. The van der Waals surface area contributed by atoms with Crippen LogP contribution in [0.1, 0.15) is 47.9 Å². The summed E-state index contributed by atoms with van der Waals surface area (Å²) in [6.07, 6.45) is 2.88. The van der Waals surface area contributed by atoms with Gasteiger partial charge in [-0.3, -0.25) is 0 Å². The van der Waals surface area contributed by atoms with Crippen molar-refractivity contribution in [3.05, 3.63) is 70.8 Å². The monoisotopic (exact) mass is 432 g/mol. The van der Waals surface area contributed by atoms with Crippen LogP contribution in [0.2, 0.25) is 0 Å². The van der Waals surface area contributed by atoms with Crippen LogP contribution in [-0.4, -0.2) is 26.4 Å². The summed E-state index contributed by atoms with van der Waals surface area (Å²) >= 11 is 0. The molecule has 168 valence electrons. The Hall–Kier alpha value is -2.60. The zero-order valence-corrected chi connectivity index (χ0v) is 18.7. The van der Waals surface area contributed by atoms with Gasteiger partial charge in [0, 0.05) is 25.7 Å². The molecule has 0 aromatic heterocycles. The third kappa shape index (κ3) is 9.27. The second-order valence-electron chi connectivity index (χ2n) is 7.45. The first kappa shape index (κ1) is 24.1. The number of rotatable bonds is 0. The predicted molar refractivity (Wildman–Crippen MR) is 126 cm³/mol. The predicted octanol–water partition coefficient (Wildman–Crippen LogP) is 5.03. The van der Waals surface area contributed by atoms with Gasteiger partial charge in [0.05, 0.1) is 52.9 Å². The van der Waals surface area contributed by atoms with Crippen molar-refractivity contribution in [3.63, 3.8) is 0 Å². The van der Waals surface area contributed by atoms with Gasteiger partial charge >= 0.3 is 0 Å². The molecular formula is C28H32O4. The van der Waals surface area contributed by atoms with E-state index in [1.165, 1.54) is 0 Å². The minimum atomic E-state index is 0.573. The molecule has 0 atom stereocenters. The maximum Gasteiger partial charge on any atom is 0.0720 e. The quantitative estimate of drug-likeness (QED) is 0.547. The van der Waals surface area contributed by atoms with Crippen LogP contribution < -0.4 is 0 Å². The molecule has 0 unspecified atom stereocenters. The summed E-state index contributed by atoms with van der Waals surface area (Å²) in [7, 11) is 0. The van der Waals surface area contributed by atoms with E-state index in [2.05, 4.69) is 47.9 Å². The highest BCUT2D eigenvalue weighted by atomic mass is 16.5. The molecule has 1 aliphatic heterocycles. The van der Waals surface area contributed by atoms with Crippen molar-refractivity contribution in [1.29, 1.82) is 0 Å². The minimum absolute atomic E-state index is 0.573. The molecule has 0 bridgehead atoms. The number of ether oxygens (including phenoxy) is 4. The highest BCUT2D eigenvalue weighted by Gasteiger charge is 2.03. The van der Waals surface area contributed by atoms with Crippen molar-refractivity contribution in [1.82, 2.24) is 0 Å². The van der Waals surface area contributed by atoms with Crippen molar-refractivity contribution >= 4 is 0 Å². The second-order valence-corrected chi connectivity index (χ2v) is 7.45. The first-order valence-electron chi connectivity index (χ1n) is 11.3. The van der Waals surface area contributed by atoms with Gasteiger partial charge in [-0.15, -0.1) is 23.7 Å². The molecule has 2 aromatic carbocycles. The number of benzene rings is 2. The molecule has 1 aliphatic rings. The molecule has 0 aliphatic carbocycles. The van der Waals surface area contributed by atoms with Gasteiger partial charge in [0.1, 0.15) is 0 Å². The van der Waals surface area contributed by atoms with Gasteiger partial charge in [-0.2, -0.15) is 0 Å². The lowest BCUT2D eigenvalue weighted by Crippen LogP contribution is -2.02. The molecule has 0 saturated carbocycles. The summed E-state index contributed by atoms with van der Waals surface area (Å²) in [5.41, 5.74) is 4.64. The van der Waals surface area contributed by atoms with Crippen molar-refractivity contribution in [2.24, 2.45) is 0 Å². The molecule has 0 N–H and O–H groups in total. The molecule has 4 nitrogen and oxygen atoms in total. The number of hydrogen-bond donors (Lipinski definition) is 0. The molecule has 0 amide bonds. The molecule has 3 rings (SSSR count). The lowest BCUT2D eigenvalue weighted by molar-refractivity contribution is 0.111. The maximum atomic E-state index is 5.81. The molecule has 1 heterocycles. The molecule has 0 fully saturated rings. The third-order valence-corrected chi connectivity index (χ3v) is 5.00. The summed E-state index contributed by atoms with van der Waals surface area (Å²) in [6, 6.07) is 16.5. The zero-order chi connectivity index (χ0) is 22.1. The fourth-order valence-electron chi connectivity index (χ4n) is 3.25. The van der Waals surface area contributed by atoms with E-state index in [1.807, 2.05) is 24.3 Å². The van der Waals surface area contributed by atoms with Crippen molar-refractivity contribution < 1.29 is 18.9 Å². The first-order valence-corrected chi connectivity index (χ1v) is 11.3. The standard InChI is InChI=1S/C28H32O4/c1-2-10-18-30-22-26-14-7-8-16-28(26)24-32-20-12-4-3-11-19-31-23-27-15-6-5-13-25(27)21-29-17-9-1/h5-8,13-16H,9-12,17-24H2. The third-order valence-electron chi connectivity index (χ3n) is 5.00. The SMILES string of the molecule is C1#CCCOCc2ccccc2COCCC#CCCOCc2ccccc2COCC1. The van der Waals surface area contributed by atoms with E-state index < -0.39 is 0 Å². The van der Waals surface area contributed by atoms with Crippen LogP contribution in [0.15, 0.2) is 48.5 Å². The van der Waals surface area contributed by atoms with Crippen LogP contribution in [0.25, 0.3) is 0 Å². The summed E-state index contributed by atoms with van der Waals surface area (Å²) in [6.45, 7) is 4.76. The van der Waals surface area contributed by atoms with Gasteiger partial charge in [-0.05, 0) is 22.3 Å². The number of fused-ring (bicyclic) bond motifs is 2. The van der Waals surface area contributed by atoms with Gasteiger partial charge < -0.3 is 18.9 Å². The van der Waals surface area contributed by atoms with Gasteiger partial charge in [0.15, 0.2) is 0 Å². The van der Waals surface area contributed by atoms with E-state index in [0.29, 0.717) is 52.9 Å². The molecule has 0 saturated heterocycles. The Morgan fingerprint density at radius 2 is 0.656 bits per heavy atom. The van der Waals surface area contributed by atoms with Crippen LogP contribution in [-0.2, 0) is 45.4 Å². The lowest BCUT2D eigenvalue weighted by Gasteiger charge is -2.10. The summed E-state index contributed by atoms with van der Waals surface area (Å²) in [5.74, 6) is 12.7. The van der Waals surface area contributed by atoms with Crippen LogP contribution in [0.5, 0.6) is 0 Å². The van der Waals surface area contributed by atoms with Crippen LogP contribution in [0.3, 0.4) is 0 Å². The van der Waals surface area contributed by atoms with E-state index in [1.54, 1.807) is 0 Å². The smallest absolute Gasteiger partial charge is 0.0720 e. The largest absolute Gasteiger partial charge is 0.376 e. The van der Waals surface area contributed by atoms with Gasteiger partial charge in [-0.1, -0.05) is 48.5 Å². The lowest BCUT2D eigenvalue weighted by atomic mass is 10.1. The normalized spacial score (nSPS) is 17.2. The van der Waals surface area contributed by atoms with E-state index in [9.17, 15) is 0 Å². The molecular weight excluding hydrogens is 400 g/mol. The fraction of sp³-hybridized carbons (Fsp3) is 0.429. The van der Waals surface area contributed by atoms with E-state index >= 15 is 0 Å². The average molecular weight is 433 g/mol. The Balaban J connectivity index is 1.53. The van der Waals surface area contributed by atoms with E-state index in [4.69, 9.17) is 18.9 Å². The van der Waals surface area contributed by atoms with Crippen LogP contribution in [0, 0.1) is 23.7 Å². The summed E-state index contributed by atoms with van der Waals surface area (Å²) < 4.78 is 23.3. The molecule has 0 radical (unpaired) electrons. The zero-order valence-electron chi connectivity index (χ0n) is 18.7. The molecule has 4 heteroatoms. The molecule has 32 heavy (non-hydrogen) atoms. The average Bonchev–Trinajstić information content (AvgIpc) is 2.82. The Morgan fingerprint density at radius 1 is 0.406 bits per heavy atom. The highest BCUT2D eigenvalue weighted by Crippen LogP contribution is 2.13. The molecule has 0 spiro atoms. The second kappa shape index (κ2) is 15.2. The Kier molecular flexibility index (Phi) is 11.5. The van der Waals surface area contributed by atoms with Crippen LogP contribution >= 0.6 is 0 Å². The van der Waals surface area contributed by atoms with E-state index in [-0.39, 0.29) is 0 Å². The first-order chi connectivity index (χ1) is 15.9. The van der Waals surface area contributed by atoms with Crippen LogP contribution in [0.4, 0.5) is 0 Å². The maximum absolute atomic E-state index is 5.81. The Morgan fingerprint density at radius 3 is 0.906 bits per heavy atom. The minimum Gasteiger partial charge on any atom is -0.376 e. The fourth-order valence-corrected chi connectivity index (χ4v) is 3.25. The number of hydrogen-bond acceptors (Lipinski definition) is 4. The Bertz CT molecular complexity index is 782. The topological polar surface area (TPSA) is 36.9 Å². The summed E-state index contributed by atoms with van der Waals surface area (Å²) in [4.78, 5) is 0. The molecule has 2 aromatic rings. The Labute approximate surface area is 192 Å². The van der Waals surface area contributed by atoms with Crippen molar-refractivity contribution in [3.8, 4) is 23.7 Å². The van der Waals surface area contributed by atoms with Gasteiger partial charge in [0.2, 0.25) is 0 Å². The summed E-state index contributed by atoms with van der Waals surface area (Å²) in [5, 5.41) is 0. The van der Waals surface area contributed by atoms with E-state index in [0.717, 1.165) is 47.9 Å².